The summed E-state index contributed by atoms with van der Waals surface area (Å²) >= 11 is 1.82. The topological polar surface area (TPSA) is 12.0 Å². The average Bonchev–Trinajstić information content (AvgIpc) is 2.84. The van der Waals surface area contributed by atoms with Gasteiger partial charge in [-0.05, 0) is 48.5 Å². The summed E-state index contributed by atoms with van der Waals surface area (Å²) in [5, 5.41) is 5.72. The Labute approximate surface area is 108 Å². The number of hydrogen-bond donors (Lipinski definition) is 1. The molecule has 2 rings (SSSR count). The van der Waals surface area contributed by atoms with Gasteiger partial charge in [0.25, 0.3) is 0 Å². The maximum atomic E-state index is 3.58. The molecular formula is C15H19NS. The van der Waals surface area contributed by atoms with Crippen LogP contribution in [-0.4, -0.2) is 6.54 Å². The van der Waals surface area contributed by atoms with Gasteiger partial charge in [-0.3, -0.25) is 0 Å². The van der Waals surface area contributed by atoms with E-state index >= 15 is 0 Å². The lowest BCUT2D eigenvalue weighted by molar-refractivity contribution is 0.636. The van der Waals surface area contributed by atoms with E-state index in [0.717, 1.165) is 6.54 Å². The van der Waals surface area contributed by atoms with Gasteiger partial charge >= 0.3 is 0 Å². The fourth-order valence-corrected chi connectivity index (χ4v) is 2.93. The Balaban J connectivity index is 2.43. The van der Waals surface area contributed by atoms with Crippen molar-refractivity contribution in [3.05, 3.63) is 57.3 Å². The summed E-state index contributed by atoms with van der Waals surface area (Å²) in [6.45, 7) is 7.53. The fraction of sp³-hybridized carbons (Fsp3) is 0.333. The van der Waals surface area contributed by atoms with Crippen LogP contribution in [0.25, 0.3) is 0 Å². The van der Waals surface area contributed by atoms with Crippen molar-refractivity contribution in [3.8, 4) is 0 Å². The normalized spacial score (nSPS) is 12.6. The van der Waals surface area contributed by atoms with Gasteiger partial charge in [0.1, 0.15) is 0 Å². The summed E-state index contributed by atoms with van der Waals surface area (Å²) in [7, 11) is 0. The molecule has 1 unspecified atom stereocenters. The molecule has 0 saturated heterocycles. The molecule has 0 spiro atoms. The van der Waals surface area contributed by atoms with Crippen molar-refractivity contribution in [3.63, 3.8) is 0 Å². The van der Waals surface area contributed by atoms with Crippen LogP contribution in [0.3, 0.4) is 0 Å². The standard InChI is InChI=1S/C15H19NS/c1-4-16-15(14-9-6-10-17-14)13-8-5-7-11(2)12(13)3/h5-10,15-16H,4H2,1-3H3. The average molecular weight is 245 g/mol. The van der Waals surface area contributed by atoms with E-state index in [2.05, 4.69) is 61.8 Å². The number of benzene rings is 1. The van der Waals surface area contributed by atoms with Crippen LogP contribution < -0.4 is 5.32 Å². The van der Waals surface area contributed by atoms with Gasteiger partial charge in [-0.15, -0.1) is 11.3 Å². The SMILES string of the molecule is CCNC(c1cccs1)c1cccc(C)c1C. The summed E-state index contributed by atoms with van der Waals surface area (Å²) in [4.78, 5) is 1.39. The Morgan fingerprint density at radius 2 is 2.00 bits per heavy atom. The highest BCUT2D eigenvalue weighted by molar-refractivity contribution is 7.10. The smallest absolute Gasteiger partial charge is 0.0673 e. The molecular weight excluding hydrogens is 226 g/mol. The monoisotopic (exact) mass is 245 g/mol. The molecule has 17 heavy (non-hydrogen) atoms. The lowest BCUT2D eigenvalue weighted by Crippen LogP contribution is -2.22. The van der Waals surface area contributed by atoms with Crippen molar-refractivity contribution in [1.82, 2.24) is 5.32 Å². The zero-order valence-electron chi connectivity index (χ0n) is 10.7. The Hall–Kier alpha value is -1.12. The second-order valence-electron chi connectivity index (χ2n) is 4.30. The second-order valence-corrected chi connectivity index (χ2v) is 5.27. The fourth-order valence-electron chi connectivity index (χ4n) is 2.11. The van der Waals surface area contributed by atoms with Crippen LogP contribution in [0.15, 0.2) is 35.7 Å². The zero-order valence-corrected chi connectivity index (χ0v) is 11.5. The van der Waals surface area contributed by atoms with Gasteiger partial charge in [-0.1, -0.05) is 31.2 Å². The summed E-state index contributed by atoms with van der Waals surface area (Å²) < 4.78 is 0. The van der Waals surface area contributed by atoms with Crippen LogP contribution in [0.2, 0.25) is 0 Å². The third-order valence-electron chi connectivity index (χ3n) is 3.19. The molecule has 0 saturated carbocycles. The van der Waals surface area contributed by atoms with Crippen molar-refractivity contribution in [2.24, 2.45) is 0 Å². The molecule has 0 radical (unpaired) electrons. The largest absolute Gasteiger partial charge is 0.306 e. The van der Waals surface area contributed by atoms with Crippen molar-refractivity contribution < 1.29 is 0 Å². The molecule has 1 heterocycles. The predicted octanol–water partition coefficient (Wildman–Crippen LogP) is 4.06. The Bertz CT molecular complexity index is 474. The van der Waals surface area contributed by atoms with Crippen LogP contribution in [0.4, 0.5) is 0 Å². The van der Waals surface area contributed by atoms with Crippen molar-refractivity contribution in [2.75, 3.05) is 6.54 Å². The highest BCUT2D eigenvalue weighted by Gasteiger charge is 2.16. The van der Waals surface area contributed by atoms with Crippen LogP contribution in [0.5, 0.6) is 0 Å². The molecule has 0 bridgehead atoms. The maximum absolute atomic E-state index is 3.58. The number of nitrogens with one attached hydrogen (secondary N) is 1. The molecule has 0 amide bonds. The first-order valence-corrected chi connectivity index (χ1v) is 6.95. The van der Waals surface area contributed by atoms with E-state index in [1.165, 1.54) is 21.6 Å². The van der Waals surface area contributed by atoms with E-state index in [0.29, 0.717) is 6.04 Å². The zero-order chi connectivity index (χ0) is 12.3. The lowest BCUT2D eigenvalue weighted by atomic mass is 9.96. The van der Waals surface area contributed by atoms with Gasteiger partial charge < -0.3 is 5.32 Å². The summed E-state index contributed by atoms with van der Waals surface area (Å²) in [5.41, 5.74) is 4.16. The third-order valence-corrected chi connectivity index (χ3v) is 4.13. The first-order chi connectivity index (χ1) is 8.24. The van der Waals surface area contributed by atoms with Crippen LogP contribution in [0.1, 0.15) is 34.5 Å². The molecule has 90 valence electrons. The van der Waals surface area contributed by atoms with E-state index in [4.69, 9.17) is 0 Å². The Morgan fingerprint density at radius 3 is 2.65 bits per heavy atom. The maximum Gasteiger partial charge on any atom is 0.0673 e. The van der Waals surface area contributed by atoms with Gasteiger partial charge in [0, 0.05) is 4.88 Å². The molecule has 2 aromatic rings. The van der Waals surface area contributed by atoms with E-state index in [-0.39, 0.29) is 0 Å². The minimum absolute atomic E-state index is 0.333. The minimum atomic E-state index is 0.333. The van der Waals surface area contributed by atoms with Gasteiger partial charge in [0.15, 0.2) is 0 Å². The van der Waals surface area contributed by atoms with E-state index in [1.54, 1.807) is 0 Å². The van der Waals surface area contributed by atoms with Gasteiger partial charge in [-0.25, -0.2) is 0 Å². The molecule has 1 atom stereocenters. The number of aryl methyl sites for hydroxylation is 1. The van der Waals surface area contributed by atoms with E-state index < -0.39 is 0 Å². The first kappa shape index (κ1) is 12.3. The third kappa shape index (κ3) is 2.59. The predicted molar refractivity (Wildman–Crippen MR) is 75.8 cm³/mol. The number of rotatable bonds is 4. The number of thiophene rings is 1. The molecule has 1 N–H and O–H groups in total. The van der Waals surface area contributed by atoms with Gasteiger partial charge in [0.05, 0.1) is 6.04 Å². The summed E-state index contributed by atoms with van der Waals surface area (Å²) in [6.07, 6.45) is 0. The summed E-state index contributed by atoms with van der Waals surface area (Å²) in [6, 6.07) is 11.2. The van der Waals surface area contributed by atoms with Crippen molar-refractivity contribution in [1.29, 1.82) is 0 Å². The molecule has 0 aliphatic heterocycles. The first-order valence-electron chi connectivity index (χ1n) is 6.07. The minimum Gasteiger partial charge on any atom is -0.306 e. The van der Waals surface area contributed by atoms with Crippen molar-refractivity contribution in [2.45, 2.75) is 26.8 Å². The lowest BCUT2D eigenvalue weighted by Gasteiger charge is -2.20. The quantitative estimate of drug-likeness (QED) is 0.856. The van der Waals surface area contributed by atoms with E-state index in [9.17, 15) is 0 Å². The molecule has 0 aliphatic carbocycles. The van der Waals surface area contributed by atoms with Gasteiger partial charge in [-0.2, -0.15) is 0 Å². The molecule has 1 nitrogen and oxygen atoms in total. The van der Waals surface area contributed by atoms with Crippen molar-refractivity contribution >= 4 is 11.3 Å². The van der Waals surface area contributed by atoms with Crippen LogP contribution in [-0.2, 0) is 0 Å². The summed E-state index contributed by atoms with van der Waals surface area (Å²) in [5.74, 6) is 0. The van der Waals surface area contributed by atoms with Crippen LogP contribution >= 0.6 is 11.3 Å². The van der Waals surface area contributed by atoms with E-state index in [1.807, 2.05) is 11.3 Å². The highest BCUT2D eigenvalue weighted by Crippen LogP contribution is 2.29. The highest BCUT2D eigenvalue weighted by atomic mass is 32.1. The second kappa shape index (κ2) is 5.48. The molecule has 1 aromatic heterocycles. The Kier molecular flexibility index (Phi) is 3.97. The van der Waals surface area contributed by atoms with Crippen LogP contribution in [0, 0.1) is 13.8 Å². The molecule has 2 heteroatoms. The van der Waals surface area contributed by atoms with Gasteiger partial charge in [0.2, 0.25) is 0 Å². The molecule has 0 aliphatic rings. The molecule has 1 aromatic carbocycles. The Morgan fingerprint density at radius 1 is 1.18 bits per heavy atom. The molecule has 0 fully saturated rings. The number of hydrogen-bond acceptors (Lipinski definition) is 2.